The van der Waals surface area contributed by atoms with Crippen LogP contribution < -0.4 is 5.73 Å². The van der Waals surface area contributed by atoms with Crippen molar-refractivity contribution in [1.82, 2.24) is 4.90 Å². The molecule has 0 aromatic carbocycles. The maximum absolute atomic E-state index is 14.3. The molecule has 1 aliphatic carbocycles. The van der Waals surface area contributed by atoms with Crippen molar-refractivity contribution in [2.24, 2.45) is 35.3 Å². The fraction of sp³-hybridized carbons (Fsp3) is 0.761. The molecule has 14 atom stereocenters. The molecule has 2 bridgehead atoms. The largest absolute Gasteiger partial charge is 0.456 e. The molecule has 1 unspecified atom stereocenters. The van der Waals surface area contributed by atoms with Gasteiger partial charge in [0.2, 0.25) is 11.7 Å². The third-order valence-electron chi connectivity index (χ3n) is 13.0. The Balaban J connectivity index is 0.00000193. The summed E-state index contributed by atoms with van der Waals surface area (Å²) in [7, 11) is 4.61. The van der Waals surface area contributed by atoms with Gasteiger partial charge in [0, 0.05) is 52.0 Å². The van der Waals surface area contributed by atoms with Crippen LogP contribution in [0.2, 0.25) is 0 Å². The third kappa shape index (κ3) is 14.1. The molecule has 352 valence electrons. The molecule has 16 heteroatoms. The van der Waals surface area contributed by atoms with Gasteiger partial charge < -0.3 is 49.6 Å². The predicted octanol–water partition coefficient (Wildman–Crippen LogP) is 4.51. The van der Waals surface area contributed by atoms with Crippen LogP contribution >= 0.6 is 15.9 Å². The number of cyclic esters (lactones) is 1. The topological polar surface area (TPSA) is 221 Å². The van der Waals surface area contributed by atoms with Crippen molar-refractivity contribution in [1.29, 1.82) is 0 Å². The molecule has 3 heterocycles. The molecule has 3 fully saturated rings. The Morgan fingerprint density at radius 1 is 0.968 bits per heavy atom. The number of rotatable bonds is 8. The van der Waals surface area contributed by atoms with Gasteiger partial charge in [0.05, 0.1) is 35.8 Å². The lowest BCUT2D eigenvalue weighted by Crippen LogP contribution is -2.64. The van der Waals surface area contributed by atoms with Gasteiger partial charge in [-0.15, -0.1) is 6.58 Å². The molecule has 3 aliphatic heterocycles. The second kappa shape index (κ2) is 25.0. The van der Waals surface area contributed by atoms with Gasteiger partial charge in [-0.05, 0) is 95.5 Å². The van der Waals surface area contributed by atoms with E-state index in [0.717, 1.165) is 5.57 Å². The summed E-state index contributed by atoms with van der Waals surface area (Å²) in [6, 6.07) is -1.14. The highest BCUT2D eigenvalue weighted by molar-refractivity contribution is 9.09. The van der Waals surface area contributed by atoms with Crippen molar-refractivity contribution in [2.75, 3.05) is 33.2 Å². The van der Waals surface area contributed by atoms with Crippen LogP contribution in [0.15, 0.2) is 36.0 Å². The van der Waals surface area contributed by atoms with Gasteiger partial charge in [0.1, 0.15) is 24.0 Å². The van der Waals surface area contributed by atoms with Crippen molar-refractivity contribution in [3.8, 4) is 0 Å². The number of alkyl halides is 1. The molecule has 4 aliphatic rings. The summed E-state index contributed by atoms with van der Waals surface area (Å²) in [6.45, 7) is 13.1. The molecule has 2 saturated heterocycles. The van der Waals surface area contributed by atoms with Crippen molar-refractivity contribution >= 4 is 45.3 Å². The minimum absolute atomic E-state index is 0.00988. The summed E-state index contributed by atoms with van der Waals surface area (Å²) >= 11 is 2.84. The third-order valence-corrected chi connectivity index (χ3v) is 13.6. The minimum atomic E-state index is -2.51. The lowest BCUT2D eigenvalue weighted by Gasteiger charge is -2.47. The van der Waals surface area contributed by atoms with E-state index in [2.05, 4.69) is 28.2 Å². The molecule has 2 amide bonds. The molecular formula is C46H73BrN2O13. The van der Waals surface area contributed by atoms with E-state index in [4.69, 9.17) is 23.7 Å². The van der Waals surface area contributed by atoms with Crippen molar-refractivity contribution in [3.63, 3.8) is 0 Å². The second-order valence-corrected chi connectivity index (χ2v) is 18.4. The van der Waals surface area contributed by atoms with Crippen LogP contribution in [0.25, 0.3) is 0 Å². The Labute approximate surface area is 376 Å². The zero-order valence-corrected chi connectivity index (χ0v) is 39.5. The molecule has 0 spiro atoms. The van der Waals surface area contributed by atoms with Crippen LogP contribution in [-0.4, -0.2) is 137 Å². The molecule has 0 aromatic heterocycles. The monoisotopic (exact) mass is 940 g/mol. The predicted molar refractivity (Wildman–Crippen MR) is 236 cm³/mol. The normalized spacial score (nSPS) is 38.3. The van der Waals surface area contributed by atoms with Crippen LogP contribution in [0, 0.1) is 29.6 Å². The summed E-state index contributed by atoms with van der Waals surface area (Å²) < 4.78 is 29.7. The summed E-state index contributed by atoms with van der Waals surface area (Å²) in [5, 5.41) is 34.4. The van der Waals surface area contributed by atoms with Gasteiger partial charge >= 0.3 is 5.97 Å². The molecule has 4 rings (SSSR count). The number of nitrogens with two attached hydrogens (primary N) is 1. The summed E-state index contributed by atoms with van der Waals surface area (Å²) in [6.07, 6.45) is 4.93. The van der Waals surface area contributed by atoms with Gasteiger partial charge in [-0.1, -0.05) is 60.5 Å². The molecule has 0 radical (unpaired) electrons. The summed E-state index contributed by atoms with van der Waals surface area (Å²) in [5.74, 6) is -8.09. The van der Waals surface area contributed by atoms with Crippen LogP contribution in [0.3, 0.4) is 0 Å². The number of Topliss-reactive ketones (excluding diaryl/α,β-unsaturated/α-hetero) is 2. The lowest BCUT2D eigenvalue weighted by atomic mass is 9.81. The Bertz CT molecular complexity index is 1610. The van der Waals surface area contributed by atoms with Gasteiger partial charge in [-0.25, -0.2) is 4.79 Å². The number of esters is 1. The Morgan fingerprint density at radius 2 is 1.60 bits per heavy atom. The molecule has 62 heavy (non-hydrogen) atoms. The Kier molecular flexibility index (Phi) is 21.6. The van der Waals surface area contributed by atoms with E-state index in [-0.39, 0.29) is 60.8 Å². The molecule has 5 N–H and O–H groups in total. The fourth-order valence-electron chi connectivity index (χ4n) is 9.42. The number of methoxy groups -OCH3 is 3. The van der Waals surface area contributed by atoms with E-state index in [9.17, 15) is 39.3 Å². The number of allylic oxidation sites excluding steroid dienone is 4. The number of amides is 2. The number of nitrogens with zero attached hydrogens (tertiary/aromatic N) is 1. The number of fused-ring (bicyclic) bond motifs is 3. The first-order chi connectivity index (χ1) is 29.3. The number of carbonyl (C=O) groups is 5. The van der Waals surface area contributed by atoms with Gasteiger partial charge in [-0.2, -0.15) is 0 Å². The number of aliphatic hydroxyl groups excluding tert-OH is 2. The smallest absolute Gasteiger partial charge is 0.329 e. The van der Waals surface area contributed by atoms with Crippen LogP contribution in [0.1, 0.15) is 105 Å². The maximum Gasteiger partial charge on any atom is 0.329 e. The lowest BCUT2D eigenvalue weighted by molar-refractivity contribution is -0.302. The molecule has 15 nitrogen and oxygen atoms in total. The standard InChI is InChI=1S/C44H69NO12.C2H4BrNO/c1-10-13-31-19-25(2)18-26(3)20-37(54-8)40-38(55-9)22-28(5)44(52,57-40)41(49)42(50)45-17-12-11-14-32(45)43(51)56-39(29(6)34(47)24-35(31)48)27(4)21-30-15-16-33(46)36(23-30)53-7;3-1-2(4)5/h10,19,21,26,28-34,36-40,46-47,52H,1,11-18,20,22-24H2,2-9H3;1H2,(H2,4,5)/b25-19+,27-21+;/t26-,28+,29+,30?,31+,32-,33+,34-,36+,37-,38-,39+,40+,44+;/m0./s1. The quantitative estimate of drug-likeness (QED) is 0.114. The highest BCUT2D eigenvalue weighted by Gasteiger charge is 2.56. The number of ketones is 2. The Hall–Kier alpha value is -2.83. The van der Waals surface area contributed by atoms with E-state index in [0.29, 0.717) is 56.9 Å². The van der Waals surface area contributed by atoms with Crippen LogP contribution in [-0.2, 0) is 47.7 Å². The average molecular weight is 942 g/mol. The number of halogens is 1. The SMILES string of the molecule is C=CC[C@@H]1/C=C(\C)C[C@H](C)C[C@H](OC)[C@H]2O[C@@](O)(C(=O)C(=O)N3CCCC[C@H]3C(=O)O[C@H](/C(C)=C/C3CC[C@@H](O)[C@H](OC)C3)[C@H](C)[C@@H](O)CC1=O)[C@H](C)C[C@@H]2OC.NC(=O)CBr. The summed E-state index contributed by atoms with van der Waals surface area (Å²) in [5.41, 5.74) is 6.22. The first-order valence-corrected chi connectivity index (χ1v) is 23.1. The number of aliphatic hydroxyl groups is 3. The van der Waals surface area contributed by atoms with Crippen LogP contribution in [0.5, 0.6) is 0 Å². The summed E-state index contributed by atoms with van der Waals surface area (Å²) in [4.78, 5) is 67.4. The zero-order chi connectivity index (χ0) is 46.5. The number of hydrogen-bond donors (Lipinski definition) is 4. The number of primary amides is 1. The van der Waals surface area contributed by atoms with E-state index < -0.39 is 83.9 Å². The van der Waals surface area contributed by atoms with Crippen molar-refractivity contribution in [2.45, 2.75) is 160 Å². The van der Waals surface area contributed by atoms with Gasteiger partial charge in [0.25, 0.3) is 11.7 Å². The maximum atomic E-state index is 14.3. The number of ether oxygens (including phenoxy) is 5. The Morgan fingerprint density at radius 3 is 2.19 bits per heavy atom. The number of carbonyl (C=O) groups excluding carboxylic acids is 5. The first kappa shape index (κ1) is 53.5. The van der Waals surface area contributed by atoms with E-state index >= 15 is 0 Å². The zero-order valence-electron chi connectivity index (χ0n) is 38.0. The van der Waals surface area contributed by atoms with E-state index in [1.165, 1.54) is 19.1 Å². The van der Waals surface area contributed by atoms with E-state index in [1.54, 1.807) is 27.0 Å². The van der Waals surface area contributed by atoms with Crippen molar-refractivity contribution < 1.29 is 63.0 Å². The molecule has 1 saturated carbocycles. The highest BCUT2D eigenvalue weighted by Crippen LogP contribution is 2.39. The average Bonchev–Trinajstić information content (AvgIpc) is 3.24. The second-order valence-electron chi connectivity index (χ2n) is 17.9. The highest BCUT2D eigenvalue weighted by atomic mass is 79.9. The van der Waals surface area contributed by atoms with Crippen LogP contribution in [0.4, 0.5) is 0 Å². The molecular weight excluding hydrogens is 868 g/mol. The van der Waals surface area contributed by atoms with Gasteiger partial charge in [-0.3, -0.25) is 19.2 Å². The minimum Gasteiger partial charge on any atom is -0.456 e. The van der Waals surface area contributed by atoms with E-state index in [1.807, 2.05) is 32.9 Å². The van der Waals surface area contributed by atoms with Gasteiger partial charge in [0.15, 0.2) is 0 Å². The fourth-order valence-corrected chi connectivity index (χ4v) is 9.42. The molecule has 0 aromatic rings. The van der Waals surface area contributed by atoms with Crippen molar-refractivity contribution in [3.05, 3.63) is 36.0 Å². The number of hydrogen-bond acceptors (Lipinski definition) is 13. The number of piperidine rings is 1. The first-order valence-electron chi connectivity index (χ1n) is 22.0.